The number of hydrogen-bond donors (Lipinski definition) is 0. The number of hydrazone groups is 1. The number of thioether (sulfide) groups is 1. The Morgan fingerprint density at radius 1 is 1.16 bits per heavy atom. The molecule has 6 nitrogen and oxygen atoms in total. The predicted octanol–water partition coefficient (Wildman–Crippen LogP) is 3.10. The van der Waals surface area contributed by atoms with E-state index in [9.17, 15) is 14.9 Å². The van der Waals surface area contributed by atoms with Crippen molar-refractivity contribution in [3.63, 3.8) is 0 Å². The van der Waals surface area contributed by atoms with Crippen LogP contribution in [0.2, 0.25) is 0 Å². The van der Waals surface area contributed by atoms with Gasteiger partial charge in [0.1, 0.15) is 16.7 Å². The van der Waals surface area contributed by atoms with E-state index in [1.54, 1.807) is 42.1 Å². The van der Waals surface area contributed by atoms with E-state index in [1.807, 2.05) is 24.3 Å². The van der Waals surface area contributed by atoms with Crippen molar-refractivity contribution in [1.29, 1.82) is 5.26 Å². The molecule has 1 aromatic carbocycles. The van der Waals surface area contributed by atoms with Gasteiger partial charge in [0.2, 0.25) is 5.78 Å². The lowest BCUT2D eigenvalue weighted by molar-refractivity contribution is -0.110. The molecule has 1 aliphatic heterocycles. The molecule has 2 heterocycles. The minimum atomic E-state index is -0.404. The summed E-state index contributed by atoms with van der Waals surface area (Å²) in [4.78, 5) is 24.6. The Morgan fingerprint density at radius 3 is 2.44 bits per heavy atom. The second-order valence-corrected chi connectivity index (χ2v) is 6.31. The lowest BCUT2D eigenvalue weighted by Crippen LogP contribution is -2.16. The maximum absolute atomic E-state index is 12.8. The first-order valence-electron chi connectivity index (χ1n) is 7.46. The van der Waals surface area contributed by atoms with Crippen molar-refractivity contribution >= 4 is 34.1 Å². The summed E-state index contributed by atoms with van der Waals surface area (Å²) in [6, 6.07) is 14.5. The first-order chi connectivity index (χ1) is 12.0. The number of Topliss-reactive ketones (excluding diaryl/α,β-unsaturated/α-hetero) is 2. The maximum Gasteiger partial charge on any atom is 0.222 e. The summed E-state index contributed by atoms with van der Waals surface area (Å²) in [5, 5.41) is 16.0. The van der Waals surface area contributed by atoms with Gasteiger partial charge in [0.15, 0.2) is 10.8 Å². The molecule has 3 rings (SSSR count). The van der Waals surface area contributed by atoms with Gasteiger partial charge < -0.3 is 4.57 Å². The van der Waals surface area contributed by atoms with Crippen molar-refractivity contribution in [2.24, 2.45) is 12.1 Å². The Hall–Kier alpha value is -3.11. The second kappa shape index (κ2) is 6.79. The fourth-order valence-corrected chi connectivity index (χ4v) is 3.28. The van der Waals surface area contributed by atoms with Crippen LogP contribution in [-0.2, 0) is 11.8 Å². The van der Waals surface area contributed by atoms with Crippen molar-refractivity contribution in [3.05, 3.63) is 65.0 Å². The number of anilines is 1. The molecule has 1 aliphatic rings. The largest absolute Gasteiger partial charge is 0.348 e. The Bertz CT molecular complexity index is 951. The number of nitrogens with zero attached hydrogens (tertiary/aromatic N) is 4. The van der Waals surface area contributed by atoms with Gasteiger partial charge in [0.25, 0.3) is 0 Å². The lowest BCUT2D eigenvalue weighted by Gasteiger charge is -2.16. The number of nitriles is 1. The van der Waals surface area contributed by atoms with E-state index in [0.29, 0.717) is 16.4 Å². The topological polar surface area (TPSA) is 78.5 Å². The van der Waals surface area contributed by atoms with E-state index in [1.165, 1.54) is 11.9 Å². The van der Waals surface area contributed by atoms with E-state index in [-0.39, 0.29) is 16.4 Å². The van der Waals surface area contributed by atoms with Gasteiger partial charge in [-0.2, -0.15) is 10.4 Å². The Labute approximate surface area is 149 Å². The van der Waals surface area contributed by atoms with Crippen LogP contribution in [0.3, 0.4) is 0 Å². The van der Waals surface area contributed by atoms with Gasteiger partial charge in [-0.15, -0.1) is 0 Å². The quantitative estimate of drug-likeness (QED) is 0.481. The van der Waals surface area contributed by atoms with Crippen molar-refractivity contribution in [2.75, 3.05) is 5.01 Å². The number of para-hydroxylation sites is 1. The average molecular weight is 350 g/mol. The zero-order valence-corrected chi connectivity index (χ0v) is 14.4. The summed E-state index contributed by atoms with van der Waals surface area (Å²) in [6.07, 6.45) is 1.74. The summed E-state index contributed by atoms with van der Waals surface area (Å²) >= 11 is 1.04. The average Bonchev–Trinajstić information content (AvgIpc) is 3.23. The smallest absolute Gasteiger partial charge is 0.222 e. The molecule has 0 radical (unpaired) electrons. The number of aromatic nitrogens is 1. The number of carbonyl (C=O) groups excluding carboxylic acids is 2. The summed E-state index contributed by atoms with van der Waals surface area (Å²) in [5.74, 6) is -0.622. The van der Waals surface area contributed by atoms with Crippen molar-refractivity contribution in [1.82, 2.24) is 4.57 Å². The van der Waals surface area contributed by atoms with Gasteiger partial charge in [-0.25, -0.2) is 5.01 Å². The third-order valence-electron chi connectivity index (χ3n) is 3.61. The molecule has 0 amide bonds. The number of aryl methyl sites for hydroxylation is 1. The molecule has 7 heteroatoms. The summed E-state index contributed by atoms with van der Waals surface area (Å²) in [7, 11) is 1.74. The number of ketones is 2. The third kappa shape index (κ3) is 3.12. The number of carbonyl (C=O) groups is 2. The Kier molecular flexibility index (Phi) is 4.55. The lowest BCUT2D eigenvalue weighted by atomic mass is 10.1. The van der Waals surface area contributed by atoms with Gasteiger partial charge in [0.05, 0.1) is 11.4 Å². The highest BCUT2D eigenvalue weighted by atomic mass is 32.2. The molecular weight excluding hydrogens is 336 g/mol. The standard InChI is InChI=1S/C18H14N4O2S/c1-12(23)17-20-22(13-7-4-3-5-8-13)18(25-17)14(11-19)16(24)15-9-6-10-21(15)2/h3-10H,1-2H3/b18-14+. The minimum absolute atomic E-state index is 0.0457. The number of benzene rings is 1. The van der Waals surface area contributed by atoms with E-state index < -0.39 is 5.78 Å². The summed E-state index contributed by atoms with van der Waals surface area (Å²) in [5.41, 5.74) is 1.03. The Morgan fingerprint density at radius 2 is 1.88 bits per heavy atom. The fourth-order valence-electron chi connectivity index (χ4n) is 2.36. The van der Waals surface area contributed by atoms with Crippen LogP contribution in [-0.4, -0.2) is 21.2 Å². The van der Waals surface area contributed by atoms with E-state index in [0.717, 1.165) is 11.8 Å². The highest BCUT2D eigenvalue weighted by Gasteiger charge is 2.32. The monoisotopic (exact) mass is 350 g/mol. The van der Waals surface area contributed by atoms with Crippen molar-refractivity contribution < 1.29 is 9.59 Å². The molecule has 0 bridgehead atoms. The van der Waals surface area contributed by atoms with Crippen molar-refractivity contribution in [2.45, 2.75) is 6.92 Å². The molecule has 0 saturated carbocycles. The number of rotatable bonds is 4. The second-order valence-electron chi connectivity index (χ2n) is 5.34. The number of hydrogen-bond acceptors (Lipinski definition) is 6. The fraction of sp³-hybridized carbons (Fsp3) is 0.111. The van der Waals surface area contributed by atoms with Gasteiger partial charge >= 0.3 is 0 Å². The van der Waals surface area contributed by atoms with E-state index in [4.69, 9.17) is 0 Å². The van der Waals surface area contributed by atoms with Crippen LogP contribution < -0.4 is 5.01 Å². The molecular formula is C18H14N4O2S. The van der Waals surface area contributed by atoms with Gasteiger partial charge in [0, 0.05) is 20.2 Å². The summed E-state index contributed by atoms with van der Waals surface area (Å²) in [6.45, 7) is 1.41. The van der Waals surface area contributed by atoms with Crippen LogP contribution in [0, 0.1) is 11.3 Å². The zero-order chi connectivity index (χ0) is 18.0. The van der Waals surface area contributed by atoms with Crippen LogP contribution in [0.1, 0.15) is 17.4 Å². The van der Waals surface area contributed by atoms with Crippen molar-refractivity contribution in [3.8, 4) is 6.07 Å². The van der Waals surface area contributed by atoms with E-state index >= 15 is 0 Å². The first kappa shape index (κ1) is 16.7. The van der Waals surface area contributed by atoms with Crippen LogP contribution in [0.25, 0.3) is 0 Å². The van der Waals surface area contributed by atoms with Crippen LogP contribution in [0.4, 0.5) is 5.69 Å². The minimum Gasteiger partial charge on any atom is -0.348 e. The zero-order valence-electron chi connectivity index (χ0n) is 13.6. The summed E-state index contributed by atoms with van der Waals surface area (Å²) < 4.78 is 1.65. The molecule has 0 spiro atoms. The molecule has 25 heavy (non-hydrogen) atoms. The van der Waals surface area contributed by atoms with Crippen LogP contribution in [0.15, 0.2) is 64.4 Å². The van der Waals surface area contributed by atoms with Crippen LogP contribution >= 0.6 is 11.8 Å². The van der Waals surface area contributed by atoms with Gasteiger partial charge in [-0.05, 0) is 36.0 Å². The van der Waals surface area contributed by atoms with Gasteiger partial charge in [-0.1, -0.05) is 18.2 Å². The molecule has 0 fully saturated rings. The predicted molar refractivity (Wildman–Crippen MR) is 97.0 cm³/mol. The molecule has 0 unspecified atom stereocenters. The van der Waals surface area contributed by atoms with E-state index in [2.05, 4.69) is 5.10 Å². The molecule has 1 aromatic heterocycles. The normalized spacial score (nSPS) is 15.6. The molecule has 0 N–H and O–H groups in total. The maximum atomic E-state index is 12.8. The highest BCUT2D eigenvalue weighted by Crippen LogP contribution is 2.37. The molecule has 124 valence electrons. The molecule has 0 aliphatic carbocycles. The number of allylic oxidation sites excluding steroid dienone is 1. The third-order valence-corrected chi connectivity index (χ3v) is 4.74. The Balaban J connectivity index is 2.13. The molecule has 2 aromatic rings. The van der Waals surface area contributed by atoms with Crippen LogP contribution in [0.5, 0.6) is 0 Å². The highest BCUT2D eigenvalue weighted by molar-refractivity contribution is 8.19. The van der Waals surface area contributed by atoms with Gasteiger partial charge in [-0.3, -0.25) is 9.59 Å². The molecule has 0 atom stereocenters. The first-order valence-corrected chi connectivity index (χ1v) is 8.27. The SMILES string of the molecule is CC(=O)C1=NN(c2ccccc2)/C(=C(/C#N)C(=O)c2cccn2C)S1. The molecule has 0 saturated heterocycles.